The van der Waals surface area contributed by atoms with Crippen LogP contribution < -0.4 is 0 Å². The highest BCUT2D eigenvalue weighted by molar-refractivity contribution is 6.35. The summed E-state index contributed by atoms with van der Waals surface area (Å²) >= 11 is 0. The van der Waals surface area contributed by atoms with Gasteiger partial charge in [-0.1, -0.05) is 12.1 Å². The van der Waals surface area contributed by atoms with Crippen LogP contribution in [0.2, 0.25) is 0 Å². The molecule has 1 saturated heterocycles. The summed E-state index contributed by atoms with van der Waals surface area (Å²) in [7, 11) is 1.57. The van der Waals surface area contributed by atoms with E-state index in [4.69, 9.17) is 4.74 Å². The van der Waals surface area contributed by atoms with Crippen molar-refractivity contribution in [2.75, 3.05) is 40.0 Å². The maximum absolute atomic E-state index is 13.3. The van der Waals surface area contributed by atoms with E-state index in [1.807, 2.05) is 4.90 Å². The molecular weight excluding hydrogens is 351 g/mol. The van der Waals surface area contributed by atoms with E-state index in [0.29, 0.717) is 43.0 Å². The average molecular weight is 376 g/mol. The molecular formula is C20H25FN2O4. The van der Waals surface area contributed by atoms with E-state index < -0.39 is 5.82 Å². The number of halogens is 1. The number of hydrogen-bond donors (Lipinski definition) is 1. The van der Waals surface area contributed by atoms with Crippen LogP contribution in [0.25, 0.3) is 5.57 Å². The number of piperidine rings is 1. The first-order chi connectivity index (χ1) is 13.1. The van der Waals surface area contributed by atoms with Gasteiger partial charge in [0, 0.05) is 40.0 Å². The molecule has 2 heterocycles. The second kappa shape index (κ2) is 8.63. The smallest absolute Gasteiger partial charge is 0.277 e. The Balaban J connectivity index is 1.97. The molecule has 0 radical (unpaired) electrons. The van der Waals surface area contributed by atoms with E-state index in [0.717, 1.165) is 12.8 Å². The van der Waals surface area contributed by atoms with Gasteiger partial charge in [-0.05, 0) is 42.9 Å². The van der Waals surface area contributed by atoms with Gasteiger partial charge in [0.1, 0.15) is 11.5 Å². The van der Waals surface area contributed by atoms with Gasteiger partial charge in [-0.25, -0.2) is 4.39 Å². The number of rotatable bonds is 7. The summed E-state index contributed by atoms with van der Waals surface area (Å²) in [6.07, 6.45) is 2.29. The SMILES string of the molecule is COCCCN1C(=O)C(c2ccc(F)cc2)=C(N2CCCC(CO)C2)C1=O. The Labute approximate surface area is 158 Å². The maximum atomic E-state index is 13.3. The van der Waals surface area contributed by atoms with Crippen LogP contribution in [-0.4, -0.2) is 66.7 Å². The van der Waals surface area contributed by atoms with Gasteiger partial charge < -0.3 is 14.7 Å². The van der Waals surface area contributed by atoms with E-state index in [-0.39, 0.29) is 30.9 Å². The molecule has 1 aromatic rings. The summed E-state index contributed by atoms with van der Waals surface area (Å²) in [6.45, 7) is 1.96. The van der Waals surface area contributed by atoms with Crippen molar-refractivity contribution in [3.63, 3.8) is 0 Å². The van der Waals surface area contributed by atoms with Crippen LogP contribution in [-0.2, 0) is 14.3 Å². The molecule has 2 aliphatic rings. The van der Waals surface area contributed by atoms with E-state index in [2.05, 4.69) is 0 Å². The molecule has 0 bridgehead atoms. The van der Waals surface area contributed by atoms with Gasteiger partial charge in [0.2, 0.25) is 0 Å². The van der Waals surface area contributed by atoms with Gasteiger partial charge in [0.05, 0.1) is 5.57 Å². The van der Waals surface area contributed by atoms with Crippen LogP contribution in [0.5, 0.6) is 0 Å². The number of imide groups is 1. The van der Waals surface area contributed by atoms with Crippen LogP contribution in [0.3, 0.4) is 0 Å². The fourth-order valence-electron chi connectivity index (χ4n) is 3.72. The molecule has 146 valence electrons. The third-order valence-electron chi connectivity index (χ3n) is 5.10. The Morgan fingerprint density at radius 2 is 1.96 bits per heavy atom. The number of carbonyl (C=O) groups excluding carboxylic acids is 2. The first-order valence-electron chi connectivity index (χ1n) is 9.28. The molecule has 6 nitrogen and oxygen atoms in total. The molecule has 1 N–H and O–H groups in total. The first-order valence-corrected chi connectivity index (χ1v) is 9.28. The predicted octanol–water partition coefficient (Wildman–Crippen LogP) is 1.65. The lowest BCUT2D eigenvalue weighted by Gasteiger charge is -2.34. The molecule has 0 aromatic heterocycles. The third-order valence-corrected chi connectivity index (χ3v) is 5.10. The second-order valence-corrected chi connectivity index (χ2v) is 6.98. The van der Waals surface area contributed by atoms with E-state index in [9.17, 15) is 19.1 Å². The van der Waals surface area contributed by atoms with Gasteiger partial charge in [-0.15, -0.1) is 0 Å². The molecule has 27 heavy (non-hydrogen) atoms. The van der Waals surface area contributed by atoms with Gasteiger partial charge in [0.25, 0.3) is 11.8 Å². The van der Waals surface area contributed by atoms with Crippen molar-refractivity contribution in [1.29, 1.82) is 0 Å². The molecule has 7 heteroatoms. The fraction of sp³-hybridized carbons (Fsp3) is 0.500. The number of carbonyl (C=O) groups is 2. The minimum absolute atomic E-state index is 0.0509. The third kappa shape index (κ3) is 4.04. The number of amides is 2. The summed E-state index contributed by atoms with van der Waals surface area (Å²) in [5.74, 6) is -1.00. The highest BCUT2D eigenvalue weighted by atomic mass is 19.1. The van der Waals surface area contributed by atoms with Gasteiger partial charge in [-0.3, -0.25) is 14.5 Å². The number of methoxy groups -OCH3 is 1. The van der Waals surface area contributed by atoms with Crippen LogP contribution >= 0.6 is 0 Å². The summed E-state index contributed by atoms with van der Waals surface area (Å²) in [6, 6.07) is 5.64. The number of hydrogen-bond acceptors (Lipinski definition) is 5. The zero-order valence-electron chi connectivity index (χ0n) is 15.5. The highest BCUT2D eigenvalue weighted by Gasteiger charge is 2.42. The lowest BCUT2D eigenvalue weighted by atomic mass is 9.97. The molecule has 1 fully saturated rings. The van der Waals surface area contributed by atoms with E-state index in [1.54, 1.807) is 7.11 Å². The number of likely N-dealkylation sites (tertiary alicyclic amines) is 1. The van der Waals surface area contributed by atoms with Gasteiger partial charge in [-0.2, -0.15) is 0 Å². The molecule has 3 rings (SSSR count). The average Bonchev–Trinajstić information content (AvgIpc) is 2.93. The van der Waals surface area contributed by atoms with Crippen molar-refractivity contribution < 1.29 is 23.8 Å². The van der Waals surface area contributed by atoms with Gasteiger partial charge in [0.15, 0.2) is 0 Å². The Morgan fingerprint density at radius 3 is 2.63 bits per heavy atom. The largest absolute Gasteiger partial charge is 0.396 e. The number of ether oxygens (including phenoxy) is 1. The monoisotopic (exact) mass is 376 g/mol. The Hall–Kier alpha value is -2.25. The van der Waals surface area contributed by atoms with Crippen molar-refractivity contribution in [1.82, 2.24) is 9.80 Å². The quantitative estimate of drug-likeness (QED) is 0.579. The summed E-state index contributed by atoms with van der Waals surface area (Å²) in [5, 5.41) is 9.52. The number of nitrogens with zero attached hydrogens (tertiary/aromatic N) is 2. The fourth-order valence-corrected chi connectivity index (χ4v) is 3.72. The van der Waals surface area contributed by atoms with Crippen LogP contribution in [0.15, 0.2) is 30.0 Å². The van der Waals surface area contributed by atoms with Gasteiger partial charge >= 0.3 is 0 Å². The number of benzene rings is 1. The molecule has 1 aromatic carbocycles. The topological polar surface area (TPSA) is 70.1 Å². The second-order valence-electron chi connectivity index (χ2n) is 6.98. The molecule has 1 unspecified atom stereocenters. The van der Waals surface area contributed by atoms with Crippen molar-refractivity contribution in [2.24, 2.45) is 5.92 Å². The molecule has 0 saturated carbocycles. The van der Waals surface area contributed by atoms with Crippen molar-refractivity contribution in [3.05, 3.63) is 41.3 Å². The summed E-state index contributed by atoms with van der Waals surface area (Å²) in [4.78, 5) is 29.3. The minimum Gasteiger partial charge on any atom is -0.396 e. The molecule has 2 aliphatic heterocycles. The first kappa shape index (κ1) is 19.5. The molecule has 0 aliphatic carbocycles. The zero-order chi connectivity index (χ0) is 19.4. The molecule has 2 amide bonds. The standard InChI is InChI=1S/C20H25FN2O4/c1-27-11-3-10-23-19(25)17(15-5-7-16(21)8-6-15)18(20(23)26)22-9-2-4-14(12-22)13-24/h5-8,14,24H,2-4,9-13H2,1H3. The lowest BCUT2D eigenvalue weighted by molar-refractivity contribution is -0.137. The van der Waals surface area contributed by atoms with Crippen LogP contribution in [0, 0.1) is 11.7 Å². The minimum atomic E-state index is -0.395. The Kier molecular flexibility index (Phi) is 6.23. The summed E-state index contributed by atoms with van der Waals surface area (Å²) in [5.41, 5.74) is 1.21. The van der Waals surface area contributed by atoms with Crippen LogP contribution in [0.1, 0.15) is 24.8 Å². The number of aliphatic hydroxyl groups is 1. The van der Waals surface area contributed by atoms with Crippen molar-refractivity contribution in [2.45, 2.75) is 19.3 Å². The number of aliphatic hydroxyl groups excluding tert-OH is 1. The van der Waals surface area contributed by atoms with E-state index >= 15 is 0 Å². The zero-order valence-corrected chi connectivity index (χ0v) is 15.5. The van der Waals surface area contributed by atoms with Crippen molar-refractivity contribution >= 4 is 17.4 Å². The molecule has 1 atom stereocenters. The highest BCUT2D eigenvalue weighted by Crippen LogP contribution is 2.34. The normalized spacial score (nSPS) is 20.8. The maximum Gasteiger partial charge on any atom is 0.277 e. The molecule has 0 spiro atoms. The van der Waals surface area contributed by atoms with E-state index in [1.165, 1.54) is 29.2 Å². The predicted molar refractivity (Wildman–Crippen MR) is 97.9 cm³/mol. The Bertz CT molecular complexity index is 732. The Morgan fingerprint density at radius 1 is 1.22 bits per heavy atom. The van der Waals surface area contributed by atoms with Crippen LogP contribution in [0.4, 0.5) is 4.39 Å². The lowest BCUT2D eigenvalue weighted by Crippen LogP contribution is -2.40. The van der Waals surface area contributed by atoms with Crippen molar-refractivity contribution in [3.8, 4) is 0 Å². The summed E-state index contributed by atoms with van der Waals surface area (Å²) < 4.78 is 18.4.